The van der Waals surface area contributed by atoms with Gasteiger partial charge in [0.25, 0.3) is 11.5 Å². The number of hydrogen-bond acceptors (Lipinski definition) is 4. The first-order valence-corrected chi connectivity index (χ1v) is 10.5. The molecule has 0 aliphatic carbocycles. The molecule has 7 nitrogen and oxygen atoms in total. The van der Waals surface area contributed by atoms with Gasteiger partial charge >= 0.3 is 0 Å². The normalized spacial score (nSPS) is 12.4. The molecule has 0 unspecified atom stereocenters. The van der Waals surface area contributed by atoms with Crippen molar-refractivity contribution in [2.45, 2.75) is 33.4 Å². The fourth-order valence-electron chi connectivity index (χ4n) is 3.95. The number of nitrogens with zero attached hydrogens (tertiary/aromatic N) is 4. The van der Waals surface area contributed by atoms with Gasteiger partial charge in [0.15, 0.2) is 0 Å². The highest BCUT2D eigenvalue weighted by molar-refractivity contribution is 5.95. The third kappa shape index (κ3) is 3.79. The number of hydrogen-bond donors (Lipinski definition) is 1. The molecule has 8 heteroatoms. The molecule has 3 heterocycles. The van der Waals surface area contributed by atoms with E-state index < -0.39 is 5.82 Å². The largest absolute Gasteiger partial charge is 0.328 e. The molecule has 0 radical (unpaired) electrons. The number of aromatic nitrogens is 4. The molecule has 1 aliphatic heterocycles. The van der Waals surface area contributed by atoms with Gasteiger partial charge in [0, 0.05) is 31.0 Å². The summed E-state index contributed by atoms with van der Waals surface area (Å²) in [7, 11) is 1.83. The highest BCUT2D eigenvalue weighted by Crippen LogP contribution is 2.25. The van der Waals surface area contributed by atoms with Gasteiger partial charge in [-0.1, -0.05) is 38.1 Å². The smallest absolute Gasteiger partial charge is 0.272 e. The zero-order chi connectivity index (χ0) is 22.8. The summed E-state index contributed by atoms with van der Waals surface area (Å²) in [5, 5.41) is 12.1. The molecular weight excluding hydrogens is 409 g/mol. The minimum Gasteiger partial charge on any atom is -0.328 e. The number of nitrogens with one attached hydrogen (secondary N) is 1. The number of carbonyl (C=O) groups excluding carboxylic acids is 1. The van der Waals surface area contributed by atoms with Crippen molar-refractivity contribution in [1.82, 2.24) is 24.9 Å². The van der Waals surface area contributed by atoms with Gasteiger partial charge in [0.1, 0.15) is 5.82 Å². The zero-order valence-corrected chi connectivity index (χ0v) is 18.2. The molecule has 1 amide bonds. The number of fused-ring (bicyclic) bond motifs is 2. The Morgan fingerprint density at radius 1 is 1.12 bits per heavy atom. The van der Waals surface area contributed by atoms with Crippen LogP contribution in [0.15, 0.2) is 53.5 Å². The fraction of sp³-hybridized carbons (Fsp3) is 0.250. The lowest BCUT2D eigenvalue weighted by Crippen LogP contribution is -2.27. The van der Waals surface area contributed by atoms with E-state index in [9.17, 15) is 14.0 Å². The van der Waals surface area contributed by atoms with Crippen LogP contribution in [-0.2, 0) is 26.6 Å². The second-order valence-corrected chi connectivity index (χ2v) is 7.44. The van der Waals surface area contributed by atoms with Crippen LogP contribution in [0.4, 0.5) is 4.39 Å². The Morgan fingerprint density at radius 2 is 1.88 bits per heavy atom. The molecule has 164 valence electrons. The first kappa shape index (κ1) is 21.4. The summed E-state index contributed by atoms with van der Waals surface area (Å²) in [6, 6.07) is 11.7. The number of aryl methyl sites for hydroxylation is 1. The quantitative estimate of drug-likeness (QED) is 0.535. The van der Waals surface area contributed by atoms with E-state index >= 15 is 0 Å². The maximum atomic E-state index is 14.5. The molecule has 2 aromatic heterocycles. The molecule has 2 aromatic carbocycles. The molecule has 0 fully saturated rings. The maximum Gasteiger partial charge on any atom is 0.272 e. The number of benzene rings is 2. The van der Waals surface area contributed by atoms with Crippen LogP contribution < -0.4 is 5.56 Å². The Bertz CT molecular complexity index is 1360. The Morgan fingerprint density at radius 3 is 2.62 bits per heavy atom. The number of amides is 1. The SMILES string of the molecule is CC.Cn1ncc2c1CN(C(=O)c1cc(Cc3n[nH]c(=O)c4ccccc34)ccc1F)C2. The summed E-state index contributed by atoms with van der Waals surface area (Å²) in [4.78, 5) is 26.6. The highest BCUT2D eigenvalue weighted by atomic mass is 19.1. The molecule has 0 saturated heterocycles. The molecule has 4 aromatic rings. The second-order valence-electron chi connectivity index (χ2n) is 7.44. The van der Waals surface area contributed by atoms with E-state index in [4.69, 9.17) is 0 Å². The Labute approximate surface area is 184 Å². The predicted molar refractivity (Wildman–Crippen MR) is 120 cm³/mol. The standard InChI is InChI=1S/C22H18FN5O2.C2H6/c1-27-20-12-28(11-14(20)10-24-27)22(30)17-8-13(6-7-18(17)23)9-19-15-4-2-3-5-16(15)21(29)26-25-19;1-2/h2-8,10H,9,11-12H2,1H3,(H,26,29);1-2H3. The van der Waals surface area contributed by atoms with Crippen LogP contribution in [0.2, 0.25) is 0 Å². The van der Waals surface area contributed by atoms with Crippen LogP contribution in [0, 0.1) is 5.82 Å². The average molecular weight is 433 g/mol. The predicted octanol–water partition coefficient (Wildman–Crippen LogP) is 3.57. The Kier molecular flexibility index (Phi) is 5.85. The summed E-state index contributed by atoms with van der Waals surface area (Å²) >= 11 is 0. The molecule has 0 bridgehead atoms. The van der Waals surface area contributed by atoms with Crippen molar-refractivity contribution in [1.29, 1.82) is 0 Å². The number of carbonyl (C=O) groups is 1. The monoisotopic (exact) mass is 433 g/mol. The zero-order valence-electron chi connectivity index (χ0n) is 18.2. The third-order valence-corrected chi connectivity index (χ3v) is 5.54. The minimum atomic E-state index is -0.558. The van der Waals surface area contributed by atoms with Gasteiger partial charge in [-0.15, -0.1) is 0 Å². The lowest BCUT2D eigenvalue weighted by Gasteiger charge is -2.17. The van der Waals surface area contributed by atoms with E-state index in [-0.39, 0.29) is 17.0 Å². The summed E-state index contributed by atoms with van der Waals surface area (Å²) in [5.41, 5.74) is 3.11. The van der Waals surface area contributed by atoms with E-state index in [0.717, 1.165) is 22.2 Å². The van der Waals surface area contributed by atoms with E-state index in [1.165, 1.54) is 6.07 Å². The van der Waals surface area contributed by atoms with E-state index in [1.807, 2.05) is 33.0 Å². The van der Waals surface area contributed by atoms with Crippen molar-refractivity contribution in [2.24, 2.45) is 7.05 Å². The van der Waals surface area contributed by atoms with Crippen LogP contribution in [-0.4, -0.2) is 30.8 Å². The van der Waals surface area contributed by atoms with E-state index in [2.05, 4.69) is 15.3 Å². The number of halogens is 1. The van der Waals surface area contributed by atoms with Crippen LogP contribution in [0.3, 0.4) is 0 Å². The molecule has 0 atom stereocenters. The first-order chi connectivity index (χ1) is 15.5. The third-order valence-electron chi connectivity index (χ3n) is 5.54. The van der Waals surface area contributed by atoms with Gasteiger partial charge in [-0.2, -0.15) is 10.2 Å². The van der Waals surface area contributed by atoms with E-state index in [1.54, 1.807) is 40.0 Å². The van der Waals surface area contributed by atoms with Crippen molar-refractivity contribution in [3.63, 3.8) is 0 Å². The lowest BCUT2D eigenvalue weighted by atomic mass is 10.0. The molecular formula is C24H24FN5O2. The van der Waals surface area contributed by atoms with Crippen LogP contribution in [0.1, 0.15) is 46.7 Å². The van der Waals surface area contributed by atoms with Crippen molar-refractivity contribution in [3.8, 4) is 0 Å². The lowest BCUT2D eigenvalue weighted by molar-refractivity contribution is 0.0743. The number of rotatable bonds is 3. The molecule has 32 heavy (non-hydrogen) atoms. The Hall–Kier alpha value is -3.81. The van der Waals surface area contributed by atoms with Gasteiger partial charge in [-0.25, -0.2) is 9.49 Å². The van der Waals surface area contributed by atoms with Crippen molar-refractivity contribution >= 4 is 16.7 Å². The van der Waals surface area contributed by atoms with Crippen molar-refractivity contribution in [2.75, 3.05) is 0 Å². The Balaban J connectivity index is 0.00000119. The number of H-pyrrole nitrogens is 1. The van der Waals surface area contributed by atoms with Gasteiger partial charge in [0.2, 0.25) is 0 Å². The first-order valence-electron chi connectivity index (χ1n) is 10.5. The topological polar surface area (TPSA) is 83.9 Å². The molecule has 0 spiro atoms. The molecule has 5 rings (SSSR count). The summed E-state index contributed by atoms with van der Waals surface area (Å²) in [6.07, 6.45) is 2.10. The molecule has 0 saturated carbocycles. The van der Waals surface area contributed by atoms with Gasteiger partial charge < -0.3 is 4.90 Å². The van der Waals surface area contributed by atoms with Gasteiger partial charge in [0.05, 0.1) is 35.1 Å². The van der Waals surface area contributed by atoms with E-state index in [0.29, 0.717) is 30.6 Å². The minimum absolute atomic E-state index is 0.0296. The highest BCUT2D eigenvalue weighted by Gasteiger charge is 2.28. The summed E-state index contributed by atoms with van der Waals surface area (Å²) < 4.78 is 16.3. The molecule has 1 aliphatic rings. The van der Waals surface area contributed by atoms with Gasteiger partial charge in [-0.05, 0) is 23.8 Å². The average Bonchev–Trinajstić information content (AvgIpc) is 3.40. The number of aromatic amines is 1. The van der Waals surface area contributed by atoms with Crippen molar-refractivity contribution < 1.29 is 9.18 Å². The van der Waals surface area contributed by atoms with Crippen LogP contribution >= 0.6 is 0 Å². The maximum absolute atomic E-state index is 14.5. The summed E-state index contributed by atoms with van der Waals surface area (Å²) in [6.45, 7) is 4.82. The second kappa shape index (κ2) is 8.74. The molecule has 1 N–H and O–H groups in total. The summed E-state index contributed by atoms with van der Waals surface area (Å²) in [5.74, 6) is -0.915. The fourth-order valence-corrected chi connectivity index (χ4v) is 3.95. The van der Waals surface area contributed by atoms with Gasteiger partial charge in [-0.3, -0.25) is 14.3 Å². The van der Waals surface area contributed by atoms with Crippen LogP contribution in [0.25, 0.3) is 10.8 Å². The van der Waals surface area contributed by atoms with Crippen LogP contribution in [0.5, 0.6) is 0 Å². The van der Waals surface area contributed by atoms with Crippen molar-refractivity contribution in [3.05, 3.63) is 92.9 Å².